The maximum Gasteiger partial charge on any atom is 0.231 e. The van der Waals surface area contributed by atoms with E-state index >= 15 is 0 Å². The van der Waals surface area contributed by atoms with E-state index in [1.807, 2.05) is 13.8 Å². The molecule has 0 unspecified atom stereocenters. The average molecular weight is 242 g/mol. The third-order valence-electron chi connectivity index (χ3n) is 2.57. The second kappa shape index (κ2) is 5.23. The highest BCUT2D eigenvalue weighted by Gasteiger charge is 2.21. The lowest BCUT2D eigenvalue weighted by Gasteiger charge is -2.25. The van der Waals surface area contributed by atoms with Crippen LogP contribution in [0.25, 0.3) is 0 Å². The molecular formula is C12H16F2N2O. The van der Waals surface area contributed by atoms with Crippen molar-refractivity contribution < 1.29 is 13.6 Å². The van der Waals surface area contributed by atoms with Crippen LogP contribution in [0.4, 0.5) is 8.78 Å². The molecule has 0 aliphatic rings. The first-order valence-corrected chi connectivity index (χ1v) is 5.27. The number of benzene rings is 1. The van der Waals surface area contributed by atoms with Crippen LogP contribution in [0.2, 0.25) is 0 Å². The number of amides is 1. The van der Waals surface area contributed by atoms with Crippen molar-refractivity contribution in [3.05, 3.63) is 35.4 Å². The van der Waals surface area contributed by atoms with Gasteiger partial charge >= 0.3 is 0 Å². The van der Waals surface area contributed by atoms with Gasteiger partial charge in [-0.15, -0.1) is 0 Å². The van der Waals surface area contributed by atoms with E-state index in [4.69, 9.17) is 5.73 Å². The molecule has 0 aliphatic heterocycles. The van der Waals surface area contributed by atoms with Gasteiger partial charge < -0.3 is 11.1 Å². The molecule has 1 rings (SSSR count). The van der Waals surface area contributed by atoms with E-state index in [1.54, 1.807) is 0 Å². The van der Waals surface area contributed by atoms with Gasteiger partial charge in [0.2, 0.25) is 5.91 Å². The van der Waals surface area contributed by atoms with Gasteiger partial charge in [-0.3, -0.25) is 4.79 Å². The molecular weight excluding hydrogens is 226 g/mol. The minimum Gasteiger partial charge on any atom is -0.369 e. The summed E-state index contributed by atoms with van der Waals surface area (Å²) in [7, 11) is 0. The Labute approximate surface area is 99.0 Å². The Kier molecular flexibility index (Phi) is 4.17. The van der Waals surface area contributed by atoms with Gasteiger partial charge in [-0.1, -0.05) is 19.9 Å². The van der Waals surface area contributed by atoms with Gasteiger partial charge in [0, 0.05) is 12.0 Å². The predicted molar refractivity (Wildman–Crippen MR) is 61.4 cm³/mol. The van der Waals surface area contributed by atoms with Crippen LogP contribution >= 0.6 is 0 Å². The maximum atomic E-state index is 13.1. The molecule has 1 aromatic carbocycles. The zero-order chi connectivity index (χ0) is 13.1. The Bertz CT molecular complexity index is 419. The zero-order valence-corrected chi connectivity index (χ0v) is 9.89. The molecule has 0 aliphatic carbocycles. The van der Waals surface area contributed by atoms with Crippen LogP contribution in [0.15, 0.2) is 18.2 Å². The molecule has 3 N–H and O–H groups in total. The van der Waals surface area contributed by atoms with Crippen LogP contribution < -0.4 is 11.1 Å². The molecule has 3 nitrogen and oxygen atoms in total. The predicted octanol–water partition coefficient (Wildman–Crippen LogP) is 1.32. The van der Waals surface area contributed by atoms with Gasteiger partial charge in [-0.05, 0) is 17.7 Å². The highest BCUT2D eigenvalue weighted by molar-refractivity contribution is 5.75. The van der Waals surface area contributed by atoms with Gasteiger partial charge in [-0.25, -0.2) is 8.78 Å². The molecule has 1 amide bonds. The number of hydrogen-bond acceptors (Lipinski definition) is 2. The SMILES string of the molecule is CC(C)(CNCC(N)=O)c1ccc(F)c(F)c1. The number of carbonyl (C=O) groups excluding carboxylic acids is 1. The maximum absolute atomic E-state index is 13.1. The molecule has 17 heavy (non-hydrogen) atoms. The summed E-state index contributed by atoms with van der Waals surface area (Å²) in [6.45, 7) is 4.25. The molecule has 0 saturated carbocycles. The van der Waals surface area contributed by atoms with Crippen molar-refractivity contribution in [1.82, 2.24) is 5.32 Å². The normalized spacial score (nSPS) is 11.5. The van der Waals surface area contributed by atoms with Gasteiger partial charge in [-0.2, -0.15) is 0 Å². The number of nitrogens with one attached hydrogen (secondary N) is 1. The first-order chi connectivity index (χ1) is 7.83. The van der Waals surface area contributed by atoms with E-state index in [0.717, 1.165) is 6.07 Å². The lowest BCUT2D eigenvalue weighted by atomic mass is 9.84. The summed E-state index contributed by atoms with van der Waals surface area (Å²) in [5.41, 5.74) is 5.24. The standard InChI is InChI=1S/C12H16F2N2O/c1-12(2,7-16-6-11(15)17)8-3-4-9(13)10(14)5-8/h3-5,16H,6-7H2,1-2H3,(H2,15,17). The van der Waals surface area contributed by atoms with E-state index in [9.17, 15) is 13.6 Å². The van der Waals surface area contributed by atoms with Crippen molar-refractivity contribution in [3.63, 3.8) is 0 Å². The minimum atomic E-state index is -0.870. The van der Waals surface area contributed by atoms with Crippen molar-refractivity contribution in [1.29, 1.82) is 0 Å². The van der Waals surface area contributed by atoms with E-state index in [0.29, 0.717) is 12.1 Å². The topological polar surface area (TPSA) is 55.1 Å². The third-order valence-corrected chi connectivity index (χ3v) is 2.57. The van der Waals surface area contributed by atoms with Gasteiger partial charge in [0.25, 0.3) is 0 Å². The van der Waals surface area contributed by atoms with E-state index in [1.165, 1.54) is 12.1 Å². The van der Waals surface area contributed by atoms with Gasteiger partial charge in [0.1, 0.15) is 0 Å². The average Bonchev–Trinajstić information content (AvgIpc) is 2.21. The molecule has 5 heteroatoms. The Balaban J connectivity index is 2.74. The summed E-state index contributed by atoms with van der Waals surface area (Å²) < 4.78 is 25.9. The second-order valence-corrected chi connectivity index (χ2v) is 4.58. The lowest BCUT2D eigenvalue weighted by Crippen LogP contribution is -2.37. The first-order valence-electron chi connectivity index (χ1n) is 5.27. The summed E-state index contributed by atoms with van der Waals surface area (Å²) >= 11 is 0. The monoisotopic (exact) mass is 242 g/mol. The highest BCUT2D eigenvalue weighted by atomic mass is 19.2. The number of halogens is 2. The molecule has 0 aromatic heterocycles. The number of nitrogens with two attached hydrogens (primary N) is 1. The van der Waals surface area contributed by atoms with Crippen molar-refractivity contribution in [2.24, 2.45) is 5.73 Å². The molecule has 0 spiro atoms. The molecule has 1 aromatic rings. The molecule has 0 radical (unpaired) electrons. The summed E-state index contributed by atoms with van der Waals surface area (Å²) in [5.74, 6) is -2.19. The van der Waals surface area contributed by atoms with E-state index < -0.39 is 23.0 Å². The van der Waals surface area contributed by atoms with Gasteiger partial charge in [0.05, 0.1) is 6.54 Å². The third kappa shape index (κ3) is 3.78. The second-order valence-electron chi connectivity index (χ2n) is 4.58. The number of carbonyl (C=O) groups is 1. The summed E-state index contributed by atoms with van der Waals surface area (Å²) in [6, 6.07) is 3.80. The van der Waals surface area contributed by atoms with Crippen LogP contribution in [-0.4, -0.2) is 19.0 Å². The fourth-order valence-corrected chi connectivity index (χ4v) is 1.52. The first kappa shape index (κ1) is 13.6. The number of rotatable bonds is 5. The van der Waals surface area contributed by atoms with Crippen LogP contribution in [0.3, 0.4) is 0 Å². The fourth-order valence-electron chi connectivity index (χ4n) is 1.52. The van der Waals surface area contributed by atoms with E-state index in [2.05, 4.69) is 5.32 Å². The van der Waals surface area contributed by atoms with Crippen LogP contribution in [0.1, 0.15) is 19.4 Å². The number of hydrogen-bond donors (Lipinski definition) is 2. The quantitative estimate of drug-likeness (QED) is 0.818. The Morgan fingerprint density at radius 3 is 2.53 bits per heavy atom. The Hall–Kier alpha value is -1.49. The summed E-state index contributed by atoms with van der Waals surface area (Å²) in [4.78, 5) is 10.6. The highest BCUT2D eigenvalue weighted by Crippen LogP contribution is 2.23. The van der Waals surface area contributed by atoms with Crippen LogP contribution in [0.5, 0.6) is 0 Å². The number of primary amides is 1. The molecule has 0 fully saturated rings. The van der Waals surface area contributed by atoms with Gasteiger partial charge in [0.15, 0.2) is 11.6 Å². The van der Waals surface area contributed by atoms with Crippen LogP contribution in [0, 0.1) is 11.6 Å². The fraction of sp³-hybridized carbons (Fsp3) is 0.417. The molecule has 0 saturated heterocycles. The molecule has 0 bridgehead atoms. The lowest BCUT2D eigenvalue weighted by molar-refractivity contribution is -0.117. The molecule has 94 valence electrons. The van der Waals surface area contributed by atoms with Crippen LogP contribution in [-0.2, 0) is 10.2 Å². The summed E-state index contributed by atoms with van der Waals surface area (Å²) in [6.07, 6.45) is 0. The summed E-state index contributed by atoms with van der Waals surface area (Å²) in [5, 5.41) is 2.87. The molecule has 0 atom stereocenters. The van der Waals surface area contributed by atoms with Crippen molar-refractivity contribution >= 4 is 5.91 Å². The zero-order valence-electron chi connectivity index (χ0n) is 9.89. The largest absolute Gasteiger partial charge is 0.369 e. The van der Waals surface area contributed by atoms with E-state index in [-0.39, 0.29) is 6.54 Å². The van der Waals surface area contributed by atoms with Crippen molar-refractivity contribution in [2.45, 2.75) is 19.3 Å². The molecule has 0 heterocycles. The smallest absolute Gasteiger partial charge is 0.231 e. The van der Waals surface area contributed by atoms with Crippen molar-refractivity contribution in [2.75, 3.05) is 13.1 Å². The van der Waals surface area contributed by atoms with Crippen molar-refractivity contribution in [3.8, 4) is 0 Å². The Morgan fingerprint density at radius 1 is 1.35 bits per heavy atom. The minimum absolute atomic E-state index is 0.0626. The Morgan fingerprint density at radius 2 is 2.00 bits per heavy atom.